The van der Waals surface area contributed by atoms with Gasteiger partial charge in [0.25, 0.3) is 0 Å². The molecule has 0 aliphatic rings. The molecule has 0 spiro atoms. The summed E-state index contributed by atoms with van der Waals surface area (Å²) in [4.78, 5) is 9.46. The fourth-order valence-electron chi connectivity index (χ4n) is 4.02. The van der Waals surface area contributed by atoms with E-state index < -0.39 is 0 Å². The zero-order valence-corrected chi connectivity index (χ0v) is 19.5. The molecule has 0 N–H and O–H groups in total. The van der Waals surface area contributed by atoms with E-state index in [4.69, 9.17) is 19.2 Å². The Morgan fingerprint density at radius 3 is 2.42 bits per heavy atom. The molecule has 0 amide bonds. The lowest BCUT2D eigenvalue weighted by Gasteiger charge is -2.08. The summed E-state index contributed by atoms with van der Waals surface area (Å²) in [6.07, 6.45) is 0. The summed E-state index contributed by atoms with van der Waals surface area (Å²) >= 11 is 0. The number of benzene rings is 2. The van der Waals surface area contributed by atoms with Crippen molar-refractivity contribution in [3.63, 3.8) is 0 Å². The highest BCUT2D eigenvalue weighted by atomic mass is 16.5. The van der Waals surface area contributed by atoms with Crippen LogP contribution in [0.3, 0.4) is 0 Å². The van der Waals surface area contributed by atoms with Gasteiger partial charge in [0.05, 0.1) is 11.4 Å². The molecule has 2 aromatic carbocycles. The van der Waals surface area contributed by atoms with E-state index in [0.29, 0.717) is 11.8 Å². The third-order valence-corrected chi connectivity index (χ3v) is 5.78. The van der Waals surface area contributed by atoms with Gasteiger partial charge in [-0.2, -0.15) is 10.1 Å². The molecule has 3 aromatic heterocycles. The molecule has 6 heteroatoms. The van der Waals surface area contributed by atoms with Crippen molar-refractivity contribution >= 4 is 11.0 Å². The van der Waals surface area contributed by atoms with Gasteiger partial charge < -0.3 is 9.15 Å². The van der Waals surface area contributed by atoms with E-state index in [9.17, 15) is 0 Å². The van der Waals surface area contributed by atoms with Gasteiger partial charge in [-0.3, -0.25) is 0 Å². The first-order chi connectivity index (χ1) is 15.9. The Balaban J connectivity index is 1.45. The van der Waals surface area contributed by atoms with Crippen LogP contribution in [0.5, 0.6) is 5.88 Å². The number of ether oxygens (including phenoxy) is 1. The largest absolute Gasteiger partial charge is 0.471 e. The highest BCUT2D eigenvalue weighted by Crippen LogP contribution is 2.28. The van der Waals surface area contributed by atoms with Crippen LogP contribution in [-0.2, 0) is 6.61 Å². The first-order valence-corrected chi connectivity index (χ1v) is 11.0. The summed E-state index contributed by atoms with van der Waals surface area (Å²) in [5.41, 5.74) is 7.84. The van der Waals surface area contributed by atoms with Crippen LogP contribution in [0.25, 0.3) is 28.2 Å². The second kappa shape index (κ2) is 8.20. The van der Waals surface area contributed by atoms with E-state index in [2.05, 4.69) is 62.2 Å². The topological polar surface area (TPSA) is 66.0 Å². The number of pyridine rings is 1. The number of fused-ring (bicyclic) bond motifs is 1. The zero-order chi connectivity index (χ0) is 23.1. The van der Waals surface area contributed by atoms with Crippen LogP contribution in [0, 0.1) is 34.6 Å². The Hall–Kier alpha value is -3.93. The summed E-state index contributed by atoms with van der Waals surface area (Å²) in [7, 11) is 0. The molecule has 0 unspecified atom stereocenters. The predicted octanol–water partition coefficient (Wildman–Crippen LogP) is 6.20. The van der Waals surface area contributed by atoms with E-state index >= 15 is 0 Å². The van der Waals surface area contributed by atoms with E-state index in [1.807, 2.05) is 36.7 Å². The maximum Gasteiger partial charge on any atom is 0.226 e. The van der Waals surface area contributed by atoms with Crippen LogP contribution in [0.1, 0.15) is 33.8 Å². The average molecular weight is 439 g/mol. The molecular formula is C27H26N4O2. The Kier molecular flexibility index (Phi) is 5.21. The van der Waals surface area contributed by atoms with Crippen molar-refractivity contribution in [3.8, 4) is 23.0 Å². The minimum atomic E-state index is 0.275. The second-order valence-corrected chi connectivity index (χ2v) is 8.49. The zero-order valence-electron chi connectivity index (χ0n) is 19.5. The summed E-state index contributed by atoms with van der Waals surface area (Å²) in [6, 6.07) is 18.3. The molecule has 5 rings (SSSR count). The van der Waals surface area contributed by atoms with E-state index in [-0.39, 0.29) is 6.61 Å². The second-order valence-electron chi connectivity index (χ2n) is 8.49. The van der Waals surface area contributed by atoms with Gasteiger partial charge in [0.15, 0.2) is 5.65 Å². The summed E-state index contributed by atoms with van der Waals surface area (Å²) in [6.45, 7) is 10.4. The summed E-state index contributed by atoms with van der Waals surface area (Å²) < 4.78 is 13.9. The molecule has 33 heavy (non-hydrogen) atoms. The van der Waals surface area contributed by atoms with Gasteiger partial charge in [-0.25, -0.2) is 9.67 Å². The number of aryl methyl sites for hydroxylation is 5. The smallest absolute Gasteiger partial charge is 0.226 e. The van der Waals surface area contributed by atoms with Gasteiger partial charge in [0.2, 0.25) is 11.8 Å². The molecule has 0 saturated carbocycles. The molecule has 0 bridgehead atoms. The van der Waals surface area contributed by atoms with Crippen molar-refractivity contribution in [2.45, 2.75) is 41.2 Å². The first-order valence-electron chi connectivity index (χ1n) is 11.0. The van der Waals surface area contributed by atoms with Crippen molar-refractivity contribution in [2.24, 2.45) is 0 Å². The van der Waals surface area contributed by atoms with Crippen molar-refractivity contribution in [3.05, 3.63) is 88.4 Å². The molecule has 0 saturated heterocycles. The Bertz CT molecular complexity index is 1460. The monoisotopic (exact) mass is 438 g/mol. The van der Waals surface area contributed by atoms with Gasteiger partial charge in [-0.05, 0) is 64.4 Å². The molecule has 0 radical (unpaired) electrons. The Labute approximate surface area is 192 Å². The molecule has 6 nitrogen and oxygen atoms in total. The molecule has 0 fully saturated rings. The SMILES string of the molecule is Cc1ccc(-n2nc(C)c3c(C)cc(OCc4nc(-c5cccc(C)c5)oc4C)nc32)cc1. The maximum atomic E-state index is 6.08. The molecule has 0 aliphatic carbocycles. The number of aromatic nitrogens is 4. The van der Waals surface area contributed by atoms with Crippen LogP contribution < -0.4 is 4.74 Å². The average Bonchev–Trinajstić information content (AvgIpc) is 3.33. The number of rotatable bonds is 5. The fourth-order valence-corrected chi connectivity index (χ4v) is 4.02. The minimum Gasteiger partial charge on any atom is -0.471 e. The van der Waals surface area contributed by atoms with E-state index in [0.717, 1.165) is 50.6 Å². The van der Waals surface area contributed by atoms with Crippen LogP contribution in [0.2, 0.25) is 0 Å². The van der Waals surface area contributed by atoms with Crippen molar-refractivity contribution in [1.82, 2.24) is 19.7 Å². The van der Waals surface area contributed by atoms with E-state index in [1.165, 1.54) is 5.56 Å². The standard InChI is InChI=1S/C27H26N4O2/c1-16-9-11-22(12-10-16)31-26-25(19(4)30-31)18(3)14-24(29-26)32-15-23-20(5)33-27(28-23)21-8-6-7-17(2)13-21/h6-14H,15H2,1-5H3. The highest BCUT2D eigenvalue weighted by molar-refractivity contribution is 5.84. The molecule has 5 aromatic rings. The quantitative estimate of drug-likeness (QED) is 0.327. The van der Waals surface area contributed by atoms with Crippen LogP contribution in [0.15, 0.2) is 59.0 Å². The maximum absolute atomic E-state index is 6.08. The number of hydrogen-bond donors (Lipinski definition) is 0. The van der Waals surface area contributed by atoms with Crippen LogP contribution >= 0.6 is 0 Å². The normalized spacial score (nSPS) is 11.3. The molecular weight excluding hydrogens is 412 g/mol. The van der Waals surface area contributed by atoms with Gasteiger partial charge in [0.1, 0.15) is 18.1 Å². The van der Waals surface area contributed by atoms with Gasteiger partial charge in [0, 0.05) is 17.0 Å². The third-order valence-electron chi connectivity index (χ3n) is 5.78. The lowest BCUT2D eigenvalue weighted by atomic mass is 10.1. The van der Waals surface area contributed by atoms with Crippen molar-refractivity contribution in [2.75, 3.05) is 0 Å². The van der Waals surface area contributed by atoms with E-state index in [1.54, 1.807) is 0 Å². The third kappa shape index (κ3) is 4.00. The lowest BCUT2D eigenvalue weighted by Crippen LogP contribution is -2.02. The first kappa shape index (κ1) is 20.9. The van der Waals surface area contributed by atoms with Crippen molar-refractivity contribution in [1.29, 1.82) is 0 Å². The van der Waals surface area contributed by atoms with Gasteiger partial charge in [-0.1, -0.05) is 35.4 Å². The lowest BCUT2D eigenvalue weighted by molar-refractivity contribution is 0.288. The Morgan fingerprint density at radius 2 is 1.67 bits per heavy atom. The molecule has 166 valence electrons. The van der Waals surface area contributed by atoms with Crippen LogP contribution in [-0.4, -0.2) is 19.7 Å². The fraction of sp³-hybridized carbons (Fsp3) is 0.222. The molecule has 3 heterocycles. The summed E-state index contributed by atoms with van der Waals surface area (Å²) in [5.74, 6) is 1.88. The number of hydrogen-bond acceptors (Lipinski definition) is 5. The van der Waals surface area contributed by atoms with Gasteiger partial charge in [-0.15, -0.1) is 0 Å². The predicted molar refractivity (Wildman–Crippen MR) is 129 cm³/mol. The Morgan fingerprint density at radius 1 is 0.879 bits per heavy atom. The highest BCUT2D eigenvalue weighted by Gasteiger charge is 2.16. The van der Waals surface area contributed by atoms with Crippen molar-refractivity contribution < 1.29 is 9.15 Å². The summed E-state index contributed by atoms with van der Waals surface area (Å²) in [5, 5.41) is 5.78. The number of oxazole rings is 1. The molecule has 0 aliphatic heterocycles. The molecule has 0 atom stereocenters. The van der Waals surface area contributed by atoms with Crippen LogP contribution in [0.4, 0.5) is 0 Å². The number of nitrogens with zero attached hydrogens (tertiary/aromatic N) is 4. The minimum absolute atomic E-state index is 0.275. The van der Waals surface area contributed by atoms with Gasteiger partial charge >= 0.3 is 0 Å².